The Balaban J connectivity index is 1.35. The smallest absolute Gasteiger partial charge is 0.331 e. The number of aliphatic hydroxyl groups excluding tert-OH is 1. The first kappa shape index (κ1) is 29.8. The van der Waals surface area contributed by atoms with Gasteiger partial charge in [-0.15, -0.1) is 0 Å². The average molecular weight is 581 g/mol. The van der Waals surface area contributed by atoms with E-state index in [4.69, 9.17) is 4.74 Å². The molecule has 0 spiro atoms. The number of hydrogen-bond acceptors (Lipinski definition) is 7. The first-order valence-electron chi connectivity index (χ1n) is 14.6. The number of ether oxygens (including phenoxy) is 1. The SMILES string of the molecule is CC(C)OC(=O)/C=C/c1cncc(N(Cc2ccc(C(=O)Cc3cccc4cn[nH]c34)cc2)C(=O)C2CCC(O)CC2)c1. The number of Topliss-reactive ketones (excluding diaryl/α,β-unsaturated/α-hetero) is 1. The lowest BCUT2D eigenvalue weighted by molar-refractivity contribution is -0.141. The van der Waals surface area contributed by atoms with Crippen LogP contribution >= 0.6 is 0 Å². The van der Waals surface area contributed by atoms with Crippen LogP contribution in [0.1, 0.15) is 66.6 Å². The van der Waals surface area contributed by atoms with Crippen LogP contribution in [0.2, 0.25) is 0 Å². The molecule has 9 heteroatoms. The van der Waals surface area contributed by atoms with E-state index in [2.05, 4.69) is 15.2 Å². The number of hydrogen-bond donors (Lipinski definition) is 2. The number of anilines is 1. The van der Waals surface area contributed by atoms with Gasteiger partial charge in [0.05, 0.1) is 42.4 Å². The summed E-state index contributed by atoms with van der Waals surface area (Å²) in [5, 5.41) is 18.0. The zero-order chi connectivity index (χ0) is 30.3. The van der Waals surface area contributed by atoms with Crippen LogP contribution in [0, 0.1) is 5.92 Å². The van der Waals surface area contributed by atoms with Crippen molar-refractivity contribution in [3.63, 3.8) is 0 Å². The minimum Gasteiger partial charge on any atom is -0.460 e. The number of aromatic nitrogens is 3. The highest BCUT2D eigenvalue weighted by Crippen LogP contribution is 2.29. The molecule has 2 aromatic carbocycles. The third kappa shape index (κ3) is 7.61. The number of amides is 1. The summed E-state index contributed by atoms with van der Waals surface area (Å²) in [5.41, 5.74) is 4.45. The summed E-state index contributed by atoms with van der Waals surface area (Å²) in [7, 11) is 0. The van der Waals surface area contributed by atoms with Crippen molar-refractivity contribution >= 4 is 40.3 Å². The van der Waals surface area contributed by atoms with Gasteiger partial charge in [0.25, 0.3) is 0 Å². The van der Waals surface area contributed by atoms with Crippen LogP contribution in [-0.4, -0.2) is 50.2 Å². The van der Waals surface area contributed by atoms with Crippen molar-refractivity contribution in [1.82, 2.24) is 15.2 Å². The normalized spacial score (nSPS) is 16.9. The minimum absolute atomic E-state index is 0.0120. The molecule has 1 saturated carbocycles. The quantitative estimate of drug-likeness (QED) is 0.146. The molecule has 222 valence electrons. The highest BCUT2D eigenvalue weighted by molar-refractivity contribution is 5.99. The van der Waals surface area contributed by atoms with E-state index in [1.165, 1.54) is 6.08 Å². The third-order valence-corrected chi connectivity index (χ3v) is 7.66. The van der Waals surface area contributed by atoms with E-state index < -0.39 is 5.97 Å². The van der Waals surface area contributed by atoms with Crippen molar-refractivity contribution in [2.45, 2.75) is 64.7 Å². The van der Waals surface area contributed by atoms with E-state index in [1.807, 2.05) is 36.4 Å². The fourth-order valence-corrected chi connectivity index (χ4v) is 5.39. The lowest BCUT2D eigenvalue weighted by Gasteiger charge is -2.31. The highest BCUT2D eigenvalue weighted by atomic mass is 16.5. The van der Waals surface area contributed by atoms with Gasteiger partial charge in [0, 0.05) is 35.6 Å². The molecule has 2 N–H and O–H groups in total. The molecule has 0 bridgehead atoms. The summed E-state index contributed by atoms with van der Waals surface area (Å²) < 4.78 is 5.17. The van der Waals surface area contributed by atoms with Crippen molar-refractivity contribution in [1.29, 1.82) is 0 Å². The number of ketones is 1. The van der Waals surface area contributed by atoms with E-state index in [0.717, 1.165) is 22.0 Å². The second-order valence-corrected chi connectivity index (χ2v) is 11.3. The minimum atomic E-state index is -0.454. The molecule has 1 amide bonds. The van der Waals surface area contributed by atoms with Crippen molar-refractivity contribution in [2.75, 3.05) is 4.90 Å². The maximum Gasteiger partial charge on any atom is 0.331 e. The highest BCUT2D eigenvalue weighted by Gasteiger charge is 2.30. The lowest BCUT2D eigenvalue weighted by atomic mass is 9.86. The van der Waals surface area contributed by atoms with Crippen LogP contribution in [0.15, 0.2) is 73.2 Å². The zero-order valence-electron chi connectivity index (χ0n) is 24.4. The fraction of sp³-hybridized carbons (Fsp3) is 0.324. The summed E-state index contributed by atoms with van der Waals surface area (Å²) >= 11 is 0. The van der Waals surface area contributed by atoms with Crippen molar-refractivity contribution in [2.24, 2.45) is 5.92 Å². The van der Waals surface area contributed by atoms with Gasteiger partial charge in [0.15, 0.2) is 5.78 Å². The lowest BCUT2D eigenvalue weighted by Crippen LogP contribution is -2.38. The molecule has 4 aromatic rings. The van der Waals surface area contributed by atoms with Gasteiger partial charge in [-0.25, -0.2) is 4.79 Å². The van der Waals surface area contributed by atoms with E-state index >= 15 is 0 Å². The summed E-state index contributed by atoms with van der Waals surface area (Å²) in [5.74, 6) is -0.719. The molecule has 0 unspecified atom stereocenters. The molecule has 2 heterocycles. The van der Waals surface area contributed by atoms with Gasteiger partial charge in [-0.05, 0) is 68.4 Å². The number of esters is 1. The molecule has 9 nitrogen and oxygen atoms in total. The monoisotopic (exact) mass is 580 g/mol. The first-order chi connectivity index (χ1) is 20.8. The Morgan fingerprint density at radius 2 is 1.81 bits per heavy atom. The predicted molar refractivity (Wildman–Crippen MR) is 164 cm³/mol. The van der Waals surface area contributed by atoms with Crippen LogP contribution in [0.25, 0.3) is 17.0 Å². The molecule has 0 radical (unpaired) electrons. The average Bonchev–Trinajstić information content (AvgIpc) is 3.49. The van der Waals surface area contributed by atoms with Crippen LogP contribution < -0.4 is 4.90 Å². The van der Waals surface area contributed by atoms with Crippen molar-refractivity contribution in [3.05, 3.63) is 95.5 Å². The molecule has 2 aromatic heterocycles. The molecular formula is C34H36N4O5. The summed E-state index contributed by atoms with van der Waals surface area (Å²) in [4.78, 5) is 45.0. The maximum absolute atomic E-state index is 13.8. The van der Waals surface area contributed by atoms with Gasteiger partial charge in [0.2, 0.25) is 5.91 Å². The van der Waals surface area contributed by atoms with E-state index in [-0.39, 0.29) is 42.8 Å². The Labute approximate surface area is 250 Å². The second-order valence-electron chi connectivity index (χ2n) is 11.3. The zero-order valence-corrected chi connectivity index (χ0v) is 24.4. The van der Waals surface area contributed by atoms with Gasteiger partial charge in [0.1, 0.15) is 0 Å². The molecular weight excluding hydrogens is 544 g/mol. The van der Waals surface area contributed by atoms with Crippen molar-refractivity contribution in [3.8, 4) is 0 Å². The second kappa shape index (κ2) is 13.6. The predicted octanol–water partition coefficient (Wildman–Crippen LogP) is 5.43. The summed E-state index contributed by atoms with van der Waals surface area (Å²) in [6, 6.07) is 14.9. The molecule has 0 aliphatic heterocycles. The standard InChI is InChI=1S/C34H36N4O5/c1-22(2)43-32(41)15-8-24-16-29(20-35-18-24)38(34(42)26-11-13-30(39)14-12-26)21-23-6-9-25(10-7-23)31(40)17-27-4-3-5-28-19-36-37-33(27)28/h3-10,15-16,18-20,22,26,30,39H,11-14,17,21H2,1-2H3,(H,36,37)/b15-8+. The summed E-state index contributed by atoms with van der Waals surface area (Å²) in [6.45, 7) is 3.85. The molecule has 0 saturated heterocycles. The molecule has 1 fully saturated rings. The van der Waals surface area contributed by atoms with Gasteiger partial charge in [-0.1, -0.05) is 42.5 Å². The Bertz CT molecular complexity index is 1620. The summed E-state index contributed by atoms with van der Waals surface area (Å²) in [6.07, 6.45) is 10.00. The maximum atomic E-state index is 13.8. The molecule has 5 rings (SSSR count). The Hall–Kier alpha value is -4.63. The number of H-pyrrole nitrogens is 1. The number of fused-ring (bicyclic) bond motifs is 1. The van der Waals surface area contributed by atoms with Gasteiger partial charge >= 0.3 is 5.97 Å². The number of rotatable bonds is 10. The molecule has 0 atom stereocenters. The topological polar surface area (TPSA) is 125 Å². The molecule has 1 aliphatic carbocycles. The number of benzene rings is 2. The van der Waals surface area contributed by atoms with Gasteiger partial charge < -0.3 is 14.7 Å². The third-order valence-electron chi connectivity index (χ3n) is 7.66. The molecule has 43 heavy (non-hydrogen) atoms. The van der Waals surface area contributed by atoms with Crippen LogP contribution in [0.3, 0.4) is 0 Å². The van der Waals surface area contributed by atoms with E-state index in [9.17, 15) is 19.5 Å². The van der Waals surface area contributed by atoms with Gasteiger partial charge in [-0.2, -0.15) is 5.10 Å². The number of carbonyl (C=O) groups excluding carboxylic acids is 3. The number of pyridine rings is 1. The first-order valence-corrected chi connectivity index (χ1v) is 14.6. The fourth-order valence-electron chi connectivity index (χ4n) is 5.39. The van der Waals surface area contributed by atoms with Crippen LogP contribution in [0.5, 0.6) is 0 Å². The Kier molecular flexibility index (Phi) is 9.41. The van der Waals surface area contributed by atoms with Crippen LogP contribution in [0.4, 0.5) is 5.69 Å². The number of aliphatic hydroxyl groups is 1. The Morgan fingerprint density at radius 3 is 2.56 bits per heavy atom. The van der Waals surface area contributed by atoms with Gasteiger partial charge in [-0.3, -0.25) is 19.7 Å². The number of carbonyl (C=O) groups is 3. The number of para-hydroxylation sites is 1. The number of nitrogens with one attached hydrogen (secondary N) is 1. The molecule has 1 aliphatic rings. The van der Waals surface area contributed by atoms with Crippen molar-refractivity contribution < 1.29 is 24.2 Å². The van der Waals surface area contributed by atoms with E-state index in [0.29, 0.717) is 42.5 Å². The largest absolute Gasteiger partial charge is 0.460 e. The number of nitrogens with zero attached hydrogens (tertiary/aromatic N) is 3. The van der Waals surface area contributed by atoms with Crippen LogP contribution in [-0.2, 0) is 27.3 Å². The Morgan fingerprint density at radius 1 is 1.05 bits per heavy atom. The number of aromatic amines is 1. The van der Waals surface area contributed by atoms with E-state index in [1.54, 1.807) is 55.5 Å².